The van der Waals surface area contributed by atoms with Gasteiger partial charge in [0.15, 0.2) is 11.5 Å². The van der Waals surface area contributed by atoms with E-state index in [-0.39, 0.29) is 33.4 Å². The highest BCUT2D eigenvalue weighted by Crippen LogP contribution is 2.49. The average molecular weight is 328 g/mol. The summed E-state index contributed by atoms with van der Waals surface area (Å²) >= 11 is 0. The average Bonchev–Trinajstić information content (AvgIpc) is 2.64. The molecule has 2 aromatic carbocycles. The normalized spacial score (nSPS) is 20.1. The van der Waals surface area contributed by atoms with E-state index < -0.39 is 28.9 Å². The van der Waals surface area contributed by atoms with Gasteiger partial charge in [0.05, 0.1) is 12.1 Å². The maximum atomic E-state index is 13.0. The molecule has 1 unspecified atom stereocenters. The van der Waals surface area contributed by atoms with Crippen LogP contribution in [0.3, 0.4) is 0 Å². The molecule has 0 heterocycles. The number of Topliss-reactive ketones (excluding diaryl/α,β-unsaturated/α-hetero) is 3. The molecule has 6 heteroatoms. The van der Waals surface area contributed by atoms with Crippen molar-refractivity contribution in [3.63, 3.8) is 0 Å². The zero-order valence-electron chi connectivity index (χ0n) is 12.6. The van der Waals surface area contributed by atoms with Gasteiger partial charge in [0, 0.05) is 33.4 Å². The molecule has 0 radical (unpaired) electrons. The molecule has 2 aromatic rings. The number of nitrogens with zero attached hydrogens (tertiary/aromatic N) is 2. The second kappa shape index (κ2) is 4.70. The Hall–Kier alpha value is -3.61. The second-order valence-electron chi connectivity index (χ2n) is 5.90. The van der Waals surface area contributed by atoms with Crippen LogP contribution in [0, 0.1) is 28.6 Å². The number of nitriles is 2. The minimum Gasteiger partial charge on any atom is -0.375 e. The summed E-state index contributed by atoms with van der Waals surface area (Å²) in [6.45, 7) is 0. The Kier molecular flexibility index (Phi) is 2.81. The summed E-state index contributed by atoms with van der Waals surface area (Å²) in [6, 6.07) is 11.9. The van der Waals surface area contributed by atoms with Crippen LogP contribution in [0.25, 0.3) is 11.1 Å². The molecular weight excluding hydrogens is 320 g/mol. The van der Waals surface area contributed by atoms with E-state index >= 15 is 0 Å². The topological polar surface area (TPSA) is 119 Å². The molecule has 2 aliphatic rings. The van der Waals surface area contributed by atoms with Gasteiger partial charge in [-0.05, 0) is 0 Å². The van der Waals surface area contributed by atoms with Crippen LogP contribution in [0.4, 0.5) is 0 Å². The Morgan fingerprint density at radius 1 is 0.840 bits per heavy atom. The van der Waals surface area contributed by atoms with Crippen molar-refractivity contribution in [1.29, 1.82) is 10.5 Å². The molecule has 1 N–H and O–H groups in total. The molecule has 6 nitrogen and oxygen atoms in total. The minimum absolute atomic E-state index is 0.00361. The summed E-state index contributed by atoms with van der Waals surface area (Å²) in [6.07, 6.45) is 0. The van der Waals surface area contributed by atoms with Crippen LogP contribution >= 0.6 is 0 Å². The summed E-state index contributed by atoms with van der Waals surface area (Å²) in [4.78, 5) is 37.8. The molecule has 0 bridgehead atoms. The zero-order valence-corrected chi connectivity index (χ0v) is 12.6. The van der Waals surface area contributed by atoms with Crippen LogP contribution in [-0.4, -0.2) is 22.5 Å². The highest BCUT2D eigenvalue weighted by atomic mass is 16.3. The molecule has 1 atom stereocenters. The number of rotatable bonds is 1. The van der Waals surface area contributed by atoms with E-state index in [0.717, 1.165) is 0 Å². The first kappa shape index (κ1) is 14.9. The number of ketones is 3. The van der Waals surface area contributed by atoms with Crippen LogP contribution in [0.5, 0.6) is 0 Å². The number of carbonyl (C=O) groups is 3. The van der Waals surface area contributed by atoms with Crippen molar-refractivity contribution in [3.8, 4) is 23.3 Å². The molecule has 4 rings (SSSR count). The fourth-order valence-corrected chi connectivity index (χ4v) is 3.60. The SMILES string of the molecule is N#CC(C#N)C1(O)C(=O)c2cccc3c2-c2c(cccc21)C(=O)C3=O. The monoisotopic (exact) mass is 328 g/mol. The fourth-order valence-electron chi connectivity index (χ4n) is 3.60. The van der Waals surface area contributed by atoms with Crippen LogP contribution < -0.4 is 0 Å². The predicted molar refractivity (Wildman–Crippen MR) is 83.5 cm³/mol. The smallest absolute Gasteiger partial charge is 0.234 e. The highest BCUT2D eigenvalue weighted by molar-refractivity contribution is 6.53. The standard InChI is InChI=1S/C19H8N2O4/c20-7-9(8-21)19(25)13-6-2-4-11-15(13)14-10(16(22)17(11)23)3-1-5-12(14)18(19)24/h1-6,9,25H. The fraction of sp³-hybridized carbons (Fsp3) is 0.105. The van der Waals surface area contributed by atoms with E-state index in [1.807, 2.05) is 0 Å². The van der Waals surface area contributed by atoms with Crippen molar-refractivity contribution in [2.24, 2.45) is 5.92 Å². The first-order valence-corrected chi connectivity index (χ1v) is 7.39. The third kappa shape index (κ3) is 1.56. The molecule has 0 saturated carbocycles. The summed E-state index contributed by atoms with van der Waals surface area (Å²) < 4.78 is 0. The predicted octanol–water partition coefficient (Wildman–Crippen LogP) is 1.78. The van der Waals surface area contributed by atoms with Crippen LogP contribution in [0.1, 0.15) is 36.6 Å². The Morgan fingerprint density at radius 3 is 1.96 bits per heavy atom. The van der Waals surface area contributed by atoms with Crippen molar-refractivity contribution in [3.05, 3.63) is 58.7 Å². The van der Waals surface area contributed by atoms with Gasteiger partial charge in [0.2, 0.25) is 17.3 Å². The maximum Gasteiger partial charge on any atom is 0.234 e. The van der Waals surface area contributed by atoms with Crippen molar-refractivity contribution in [2.45, 2.75) is 5.60 Å². The Morgan fingerprint density at radius 2 is 1.36 bits per heavy atom. The van der Waals surface area contributed by atoms with Gasteiger partial charge in [-0.3, -0.25) is 14.4 Å². The molecule has 25 heavy (non-hydrogen) atoms. The Balaban J connectivity index is 2.21. The van der Waals surface area contributed by atoms with E-state index in [2.05, 4.69) is 0 Å². The largest absolute Gasteiger partial charge is 0.375 e. The van der Waals surface area contributed by atoms with Gasteiger partial charge < -0.3 is 5.11 Å². The van der Waals surface area contributed by atoms with Crippen molar-refractivity contribution in [2.75, 3.05) is 0 Å². The van der Waals surface area contributed by atoms with E-state index in [1.54, 1.807) is 12.1 Å². The number of benzene rings is 2. The quantitative estimate of drug-likeness (QED) is 0.797. The van der Waals surface area contributed by atoms with Crippen molar-refractivity contribution in [1.82, 2.24) is 0 Å². The molecule has 0 aliphatic heterocycles. The molecule has 0 spiro atoms. The third-order valence-corrected chi connectivity index (χ3v) is 4.75. The van der Waals surface area contributed by atoms with Crippen molar-refractivity contribution >= 4 is 17.3 Å². The van der Waals surface area contributed by atoms with Gasteiger partial charge in [-0.2, -0.15) is 10.5 Å². The van der Waals surface area contributed by atoms with Gasteiger partial charge in [-0.15, -0.1) is 0 Å². The lowest BCUT2D eigenvalue weighted by atomic mass is 9.65. The van der Waals surface area contributed by atoms with E-state index in [4.69, 9.17) is 0 Å². The summed E-state index contributed by atoms with van der Waals surface area (Å²) in [7, 11) is 0. The lowest BCUT2D eigenvalue weighted by Crippen LogP contribution is -2.46. The second-order valence-corrected chi connectivity index (χ2v) is 5.90. The minimum atomic E-state index is -2.40. The molecular formula is C19H8N2O4. The van der Waals surface area contributed by atoms with Crippen molar-refractivity contribution < 1.29 is 19.5 Å². The van der Waals surface area contributed by atoms with Crippen LogP contribution in [-0.2, 0) is 5.60 Å². The van der Waals surface area contributed by atoms with Gasteiger partial charge in [0.1, 0.15) is 0 Å². The summed E-state index contributed by atoms with van der Waals surface area (Å²) in [5.74, 6) is -3.96. The first-order valence-electron chi connectivity index (χ1n) is 7.39. The lowest BCUT2D eigenvalue weighted by Gasteiger charge is -2.37. The molecule has 118 valence electrons. The summed E-state index contributed by atoms with van der Waals surface area (Å²) in [5.41, 5.74) is -1.70. The lowest BCUT2D eigenvalue weighted by molar-refractivity contribution is 0.0181. The number of carbonyl (C=O) groups excluding carboxylic acids is 3. The molecule has 0 saturated heterocycles. The van der Waals surface area contributed by atoms with Gasteiger partial charge in [0.25, 0.3) is 0 Å². The van der Waals surface area contributed by atoms with E-state index in [9.17, 15) is 30.0 Å². The summed E-state index contributed by atoms with van der Waals surface area (Å²) in [5, 5.41) is 29.6. The zero-order chi connectivity index (χ0) is 17.9. The third-order valence-electron chi connectivity index (χ3n) is 4.75. The molecule has 0 amide bonds. The number of aliphatic hydroxyl groups is 1. The Bertz CT molecular complexity index is 1090. The maximum absolute atomic E-state index is 13.0. The van der Waals surface area contributed by atoms with Gasteiger partial charge in [-0.1, -0.05) is 36.4 Å². The number of hydrogen-bond acceptors (Lipinski definition) is 6. The first-order chi connectivity index (χ1) is 12.0. The van der Waals surface area contributed by atoms with Gasteiger partial charge >= 0.3 is 0 Å². The molecule has 2 aliphatic carbocycles. The van der Waals surface area contributed by atoms with E-state index in [1.165, 1.54) is 36.4 Å². The van der Waals surface area contributed by atoms with Crippen LogP contribution in [0.2, 0.25) is 0 Å². The molecule has 0 fully saturated rings. The number of hydrogen-bond donors (Lipinski definition) is 1. The van der Waals surface area contributed by atoms with Gasteiger partial charge in [-0.25, -0.2) is 0 Å². The highest BCUT2D eigenvalue weighted by Gasteiger charge is 2.54. The van der Waals surface area contributed by atoms with E-state index in [0.29, 0.717) is 0 Å². The van der Waals surface area contributed by atoms with Crippen LogP contribution in [0.15, 0.2) is 36.4 Å². The Labute approximate surface area is 141 Å². The molecule has 0 aromatic heterocycles.